The van der Waals surface area contributed by atoms with Crippen LogP contribution >= 0.6 is 7.60 Å². The Kier molecular flexibility index (Phi) is 6.71. The highest BCUT2D eigenvalue weighted by atomic mass is 31.2. The summed E-state index contributed by atoms with van der Waals surface area (Å²) >= 11 is 0. The van der Waals surface area contributed by atoms with E-state index in [-0.39, 0.29) is 6.42 Å². The van der Waals surface area contributed by atoms with Crippen molar-refractivity contribution in [2.75, 3.05) is 0 Å². The van der Waals surface area contributed by atoms with Crippen molar-refractivity contribution in [2.24, 2.45) is 0 Å². The molecule has 1 aliphatic heterocycles. The molecule has 0 amide bonds. The molecule has 0 saturated carbocycles. The van der Waals surface area contributed by atoms with Crippen LogP contribution in [0.4, 0.5) is 4.39 Å². The molecule has 0 spiro atoms. The van der Waals surface area contributed by atoms with Crippen LogP contribution in [0.5, 0.6) is 0 Å². The quantitative estimate of drug-likeness (QED) is 0.353. The fraction of sp³-hybridized carbons (Fsp3) is 0.684. The fourth-order valence-electron chi connectivity index (χ4n) is 3.52. The summed E-state index contributed by atoms with van der Waals surface area (Å²) < 4.78 is 39.3. The van der Waals surface area contributed by atoms with Crippen LogP contribution in [0.2, 0.25) is 0 Å². The second-order valence-corrected chi connectivity index (χ2v) is 10.5. The molecular formula is C19H29FN3O8P. The molecule has 2 unspecified atom stereocenters. The van der Waals surface area contributed by atoms with Crippen molar-refractivity contribution >= 4 is 18.6 Å². The van der Waals surface area contributed by atoms with Crippen LogP contribution in [0.25, 0.3) is 11.0 Å². The lowest BCUT2D eigenvalue weighted by Gasteiger charge is -2.34. The fourth-order valence-corrected chi connectivity index (χ4v) is 4.77. The molecule has 1 aliphatic rings. The molecule has 7 atom stereocenters. The van der Waals surface area contributed by atoms with Gasteiger partial charge in [-0.3, -0.25) is 13.7 Å². The summed E-state index contributed by atoms with van der Waals surface area (Å²) in [5, 5.41) is 29.4. The Bertz CT molecular complexity index is 1090. The molecule has 11 nitrogen and oxygen atoms in total. The van der Waals surface area contributed by atoms with Gasteiger partial charge in [0.1, 0.15) is 17.9 Å². The first-order valence-electron chi connectivity index (χ1n) is 10.3. The Hall–Kier alpha value is -1.66. The van der Waals surface area contributed by atoms with E-state index in [1.807, 2.05) is 0 Å². The highest BCUT2D eigenvalue weighted by Crippen LogP contribution is 2.59. The summed E-state index contributed by atoms with van der Waals surface area (Å²) in [6, 6.07) is 1.73. The molecule has 1 saturated heterocycles. The van der Waals surface area contributed by atoms with Crippen molar-refractivity contribution in [1.82, 2.24) is 14.5 Å². The Labute approximate surface area is 183 Å². The predicted octanol–water partition coefficient (Wildman–Crippen LogP) is 1.44. The highest BCUT2D eigenvalue weighted by Gasteiger charge is 2.52. The van der Waals surface area contributed by atoms with E-state index in [4.69, 9.17) is 9.26 Å². The minimum absolute atomic E-state index is 0.166. The number of aromatic nitrogens is 3. The average molecular weight is 477 g/mol. The molecular weight excluding hydrogens is 448 g/mol. The molecule has 1 fully saturated rings. The van der Waals surface area contributed by atoms with Crippen LogP contribution in [0, 0.1) is 6.92 Å². The average Bonchev–Trinajstić information content (AvgIpc) is 3.19. The van der Waals surface area contributed by atoms with E-state index < -0.39 is 61.9 Å². The number of aliphatic hydroxyl groups excluding tert-OH is 2. The molecule has 13 heteroatoms. The van der Waals surface area contributed by atoms with E-state index in [0.717, 1.165) is 17.2 Å². The summed E-state index contributed by atoms with van der Waals surface area (Å²) in [5.74, 6) is -2.76. The zero-order valence-corrected chi connectivity index (χ0v) is 19.1. The zero-order chi connectivity index (χ0) is 24.1. The molecule has 0 aliphatic carbocycles. The van der Waals surface area contributed by atoms with Crippen molar-refractivity contribution in [2.45, 2.75) is 82.7 Å². The molecule has 32 heavy (non-hydrogen) atoms. The zero-order valence-electron chi connectivity index (χ0n) is 18.2. The van der Waals surface area contributed by atoms with E-state index in [1.54, 1.807) is 13.0 Å². The summed E-state index contributed by atoms with van der Waals surface area (Å²) in [6.45, 7) is 5.63. The second kappa shape index (κ2) is 8.60. The maximum atomic E-state index is 15.4. The molecule has 2 aromatic rings. The van der Waals surface area contributed by atoms with Gasteiger partial charge in [0.2, 0.25) is 5.85 Å². The van der Waals surface area contributed by atoms with Crippen molar-refractivity contribution in [3.05, 3.63) is 28.4 Å². The van der Waals surface area contributed by atoms with Gasteiger partial charge < -0.3 is 29.9 Å². The number of hydrogen-bond donors (Lipinski definition) is 5. The number of alkyl halides is 1. The number of rotatable bonds is 8. The van der Waals surface area contributed by atoms with Gasteiger partial charge >= 0.3 is 13.3 Å². The molecule has 3 heterocycles. The molecule has 0 bridgehead atoms. The lowest BCUT2D eigenvalue weighted by Crippen LogP contribution is -2.39. The summed E-state index contributed by atoms with van der Waals surface area (Å²) in [7, 11) is -4.82. The van der Waals surface area contributed by atoms with Gasteiger partial charge in [0.15, 0.2) is 11.6 Å². The van der Waals surface area contributed by atoms with Crippen molar-refractivity contribution in [3.63, 3.8) is 0 Å². The first kappa shape index (κ1) is 25.0. The minimum atomic E-state index is -4.82. The number of hydrogen-bond acceptors (Lipinski definition) is 8. The Morgan fingerprint density at radius 1 is 1.34 bits per heavy atom. The van der Waals surface area contributed by atoms with E-state index in [0.29, 0.717) is 11.0 Å². The number of nitrogens with one attached hydrogen (secondary N) is 1. The lowest BCUT2D eigenvalue weighted by molar-refractivity contribution is -0.133. The SMILES string of the molecule is CCC(C)(O)P(=O)(O)O[C@](F)(CC)C[C@H]1O[C@@H](n2cc3cc(C)[nH]c3nc2=O)[C@H](O)[C@@H]1O. The first-order chi connectivity index (χ1) is 14.7. The molecule has 0 radical (unpaired) electrons. The predicted molar refractivity (Wildman–Crippen MR) is 112 cm³/mol. The van der Waals surface area contributed by atoms with Gasteiger partial charge in [-0.05, 0) is 26.3 Å². The van der Waals surface area contributed by atoms with E-state index in [2.05, 4.69) is 9.97 Å². The van der Waals surface area contributed by atoms with Gasteiger partial charge in [0.25, 0.3) is 0 Å². The van der Waals surface area contributed by atoms with Gasteiger partial charge in [-0.15, -0.1) is 0 Å². The number of aryl methyl sites for hydroxylation is 1. The van der Waals surface area contributed by atoms with Gasteiger partial charge in [-0.25, -0.2) is 9.18 Å². The van der Waals surface area contributed by atoms with Crippen molar-refractivity contribution in [3.8, 4) is 0 Å². The van der Waals surface area contributed by atoms with Gasteiger partial charge in [-0.2, -0.15) is 4.98 Å². The normalized spacial score (nSPS) is 29.5. The van der Waals surface area contributed by atoms with E-state index in [9.17, 15) is 29.6 Å². The third-order valence-electron chi connectivity index (χ3n) is 5.88. The first-order valence-corrected chi connectivity index (χ1v) is 11.9. The number of H-pyrrole nitrogens is 1. The van der Waals surface area contributed by atoms with Crippen LogP contribution in [0.15, 0.2) is 17.1 Å². The number of nitrogens with zero attached hydrogens (tertiary/aromatic N) is 2. The van der Waals surface area contributed by atoms with Gasteiger partial charge in [-0.1, -0.05) is 13.8 Å². The van der Waals surface area contributed by atoms with Crippen LogP contribution in [-0.2, 0) is 13.8 Å². The minimum Gasteiger partial charge on any atom is -0.388 e. The number of halogens is 1. The molecule has 3 rings (SSSR count). The van der Waals surface area contributed by atoms with E-state index >= 15 is 4.39 Å². The summed E-state index contributed by atoms with van der Waals surface area (Å²) in [6.07, 6.45) is -5.85. The van der Waals surface area contributed by atoms with Crippen LogP contribution in [0.1, 0.15) is 52.0 Å². The largest absolute Gasteiger partial charge is 0.388 e. The lowest BCUT2D eigenvalue weighted by atomic mass is 10.0. The maximum Gasteiger partial charge on any atom is 0.361 e. The van der Waals surface area contributed by atoms with E-state index in [1.165, 1.54) is 20.0 Å². The maximum absolute atomic E-state index is 15.4. The molecule has 180 valence electrons. The Balaban J connectivity index is 1.85. The number of fused-ring (bicyclic) bond motifs is 1. The molecule has 0 aromatic carbocycles. The second-order valence-electron chi connectivity index (χ2n) is 8.36. The molecule has 2 aromatic heterocycles. The van der Waals surface area contributed by atoms with Crippen LogP contribution in [-0.4, -0.2) is 64.3 Å². The number of ether oxygens (including phenoxy) is 1. The van der Waals surface area contributed by atoms with Gasteiger partial charge in [0, 0.05) is 30.1 Å². The summed E-state index contributed by atoms with van der Waals surface area (Å²) in [4.78, 5) is 29.3. The van der Waals surface area contributed by atoms with Gasteiger partial charge in [0.05, 0.1) is 6.10 Å². The Morgan fingerprint density at radius 3 is 2.59 bits per heavy atom. The van der Waals surface area contributed by atoms with Crippen molar-refractivity contribution < 1.29 is 38.4 Å². The highest BCUT2D eigenvalue weighted by molar-refractivity contribution is 7.54. The van der Waals surface area contributed by atoms with Crippen molar-refractivity contribution in [1.29, 1.82) is 0 Å². The van der Waals surface area contributed by atoms with Crippen LogP contribution < -0.4 is 5.69 Å². The summed E-state index contributed by atoms with van der Waals surface area (Å²) in [5.41, 5.74) is 0.347. The Morgan fingerprint density at radius 2 is 2.00 bits per heavy atom. The smallest absolute Gasteiger partial charge is 0.361 e. The third-order valence-corrected chi connectivity index (χ3v) is 7.99. The monoisotopic (exact) mass is 477 g/mol. The molecule has 5 N–H and O–H groups in total. The standard InChI is InChI=1S/C19H29FN3O8P/c1-5-18(4,27)32(28,29)31-19(20,6-2)8-12-13(24)14(25)16(30-12)23-9-11-7-10(3)21-15(11)22-17(23)26/h7,9,12-14,16,24-25,27H,5-6,8H2,1-4H3,(H,28,29)(H,21,22,26)/t12-,13-,14-,16-,18?,19-/m1/s1. The number of aliphatic hydroxyl groups is 3. The third kappa shape index (κ3) is 4.54. The van der Waals surface area contributed by atoms with Crippen LogP contribution in [0.3, 0.4) is 0 Å². The number of aromatic amines is 1. The topological polar surface area (TPSA) is 167 Å².